The minimum Gasteiger partial charge on any atom is -0.497 e. The number of carbonyl (C=O) groups is 1. The smallest absolute Gasteiger partial charge is 0.230 e. The monoisotopic (exact) mass is 442 g/mol. The quantitative estimate of drug-likeness (QED) is 0.483. The van der Waals surface area contributed by atoms with E-state index in [1.165, 1.54) is 11.8 Å². The van der Waals surface area contributed by atoms with E-state index in [4.69, 9.17) is 14.2 Å². The van der Waals surface area contributed by atoms with Crippen molar-refractivity contribution in [1.29, 1.82) is 0 Å². The van der Waals surface area contributed by atoms with Gasteiger partial charge in [0.2, 0.25) is 5.91 Å². The van der Waals surface area contributed by atoms with Crippen molar-refractivity contribution in [2.75, 3.05) is 33.6 Å². The summed E-state index contributed by atoms with van der Waals surface area (Å²) in [4.78, 5) is 12.2. The molecule has 0 unspecified atom stereocenters. The van der Waals surface area contributed by atoms with Gasteiger partial charge in [0.05, 0.1) is 27.1 Å². The Labute approximate surface area is 185 Å². The van der Waals surface area contributed by atoms with E-state index in [-0.39, 0.29) is 11.7 Å². The van der Waals surface area contributed by atoms with Gasteiger partial charge < -0.3 is 24.1 Å². The fourth-order valence-corrected chi connectivity index (χ4v) is 3.74. The Morgan fingerprint density at radius 1 is 1.00 bits per heavy atom. The lowest BCUT2D eigenvalue weighted by molar-refractivity contribution is -0.118. The van der Waals surface area contributed by atoms with Crippen LogP contribution in [0.3, 0.4) is 0 Å². The first kappa shape index (κ1) is 22.5. The van der Waals surface area contributed by atoms with Crippen molar-refractivity contribution in [1.82, 2.24) is 20.1 Å². The van der Waals surface area contributed by atoms with Crippen LogP contribution in [0.25, 0.3) is 11.4 Å². The van der Waals surface area contributed by atoms with Gasteiger partial charge in [-0.3, -0.25) is 4.79 Å². The zero-order valence-corrected chi connectivity index (χ0v) is 18.9. The third-order valence-corrected chi connectivity index (χ3v) is 5.72. The van der Waals surface area contributed by atoms with Gasteiger partial charge in [-0.05, 0) is 48.4 Å². The Balaban J connectivity index is 1.49. The minimum absolute atomic E-state index is 0.0560. The van der Waals surface area contributed by atoms with E-state index in [0.29, 0.717) is 29.6 Å². The number of nitrogens with one attached hydrogen (secondary N) is 1. The highest BCUT2D eigenvalue weighted by Crippen LogP contribution is 2.27. The van der Waals surface area contributed by atoms with Crippen LogP contribution in [-0.4, -0.2) is 54.3 Å². The first-order valence-electron chi connectivity index (χ1n) is 9.70. The summed E-state index contributed by atoms with van der Waals surface area (Å²) >= 11 is 1.35. The molecule has 9 heteroatoms. The summed E-state index contributed by atoms with van der Waals surface area (Å²) in [5, 5.41) is 12.1. The molecule has 1 N–H and O–H groups in total. The lowest BCUT2D eigenvalue weighted by atomic mass is 10.1. The Hall–Kier alpha value is -3.20. The zero-order valence-electron chi connectivity index (χ0n) is 18.0. The maximum Gasteiger partial charge on any atom is 0.230 e. The van der Waals surface area contributed by atoms with Crippen LogP contribution in [0.5, 0.6) is 17.2 Å². The minimum atomic E-state index is -0.0560. The molecule has 0 aliphatic carbocycles. The molecular weight excluding hydrogens is 416 g/mol. The largest absolute Gasteiger partial charge is 0.497 e. The fourth-order valence-electron chi connectivity index (χ4n) is 3.00. The average Bonchev–Trinajstić information content (AvgIpc) is 3.17. The number of amides is 1. The molecular formula is C22H26N4O4S. The van der Waals surface area contributed by atoms with Crippen LogP contribution >= 0.6 is 11.8 Å². The molecule has 1 amide bonds. The normalized spacial score (nSPS) is 10.6. The van der Waals surface area contributed by atoms with Crippen LogP contribution in [0, 0.1) is 0 Å². The van der Waals surface area contributed by atoms with Crippen molar-refractivity contribution in [3.05, 3.63) is 48.0 Å². The number of benzene rings is 2. The third-order valence-electron chi connectivity index (χ3n) is 4.70. The molecule has 0 fully saturated rings. The maximum absolute atomic E-state index is 12.2. The van der Waals surface area contributed by atoms with Crippen LogP contribution in [-0.2, 0) is 18.3 Å². The number of hydrogen-bond donors (Lipinski definition) is 1. The van der Waals surface area contributed by atoms with Crippen LogP contribution in [0.4, 0.5) is 0 Å². The second-order valence-corrected chi connectivity index (χ2v) is 7.61. The predicted octanol–water partition coefficient (Wildman–Crippen LogP) is 2.96. The van der Waals surface area contributed by atoms with Gasteiger partial charge in [-0.15, -0.1) is 10.2 Å². The molecule has 1 heterocycles. The van der Waals surface area contributed by atoms with Crippen molar-refractivity contribution < 1.29 is 19.0 Å². The highest BCUT2D eigenvalue weighted by Gasteiger charge is 2.13. The van der Waals surface area contributed by atoms with Crippen LogP contribution < -0.4 is 19.5 Å². The Morgan fingerprint density at radius 2 is 1.74 bits per heavy atom. The van der Waals surface area contributed by atoms with E-state index < -0.39 is 0 Å². The van der Waals surface area contributed by atoms with Crippen LogP contribution in [0.15, 0.2) is 47.6 Å². The van der Waals surface area contributed by atoms with Gasteiger partial charge in [-0.2, -0.15) is 0 Å². The van der Waals surface area contributed by atoms with Crippen LogP contribution in [0.2, 0.25) is 0 Å². The van der Waals surface area contributed by atoms with Crippen molar-refractivity contribution >= 4 is 17.7 Å². The third kappa shape index (κ3) is 5.69. The molecule has 0 saturated heterocycles. The lowest BCUT2D eigenvalue weighted by Gasteiger charge is -2.10. The number of methoxy groups -OCH3 is 3. The SMILES string of the molecule is COc1ccc(-c2nnc(SCC(=O)NCCc3ccc(OC)c(OC)c3)n2C)cc1. The van der Waals surface area contributed by atoms with Gasteiger partial charge in [0.25, 0.3) is 0 Å². The van der Waals surface area contributed by atoms with Gasteiger partial charge in [0.15, 0.2) is 22.5 Å². The van der Waals surface area contributed by atoms with Gasteiger partial charge in [-0.25, -0.2) is 0 Å². The van der Waals surface area contributed by atoms with Gasteiger partial charge in [0.1, 0.15) is 5.75 Å². The maximum atomic E-state index is 12.2. The molecule has 3 aromatic rings. The lowest BCUT2D eigenvalue weighted by Crippen LogP contribution is -2.27. The number of thioether (sulfide) groups is 1. The van der Waals surface area contributed by atoms with Crippen molar-refractivity contribution in [2.45, 2.75) is 11.6 Å². The Morgan fingerprint density at radius 3 is 2.42 bits per heavy atom. The number of nitrogens with zero attached hydrogens (tertiary/aromatic N) is 3. The highest BCUT2D eigenvalue weighted by molar-refractivity contribution is 7.99. The summed E-state index contributed by atoms with van der Waals surface area (Å²) in [5.41, 5.74) is 1.99. The number of ether oxygens (including phenoxy) is 3. The van der Waals surface area contributed by atoms with Crippen molar-refractivity contribution in [3.8, 4) is 28.6 Å². The van der Waals surface area contributed by atoms with E-state index in [2.05, 4.69) is 15.5 Å². The summed E-state index contributed by atoms with van der Waals surface area (Å²) in [6.07, 6.45) is 0.697. The average molecular weight is 443 g/mol. The number of carbonyl (C=O) groups excluding carboxylic acids is 1. The van der Waals surface area contributed by atoms with E-state index >= 15 is 0 Å². The molecule has 3 rings (SSSR count). The molecule has 0 atom stereocenters. The number of aromatic nitrogens is 3. The van der Waals surface area contributed by atoms with Gasteiger partial charge in [-0.1, -0.05) is 17.8 Å². The fraction of sp³-hybridized carbons (Fsp3) is 0.318. The van der Waals surface area contributed by atoms with Gasteiger partial charge >= 0.3 is 0 Å². The molecule has 2 aromatic carbocycles. The summed E-state index contributed by atoms with van der Waals surface area (Å²) in [6.45, 7) is 0.533. The molecule has 31 heavy (non-hydrogen) atoms. The molecule has 0 radical (unpaired) electrons. The molecule has 164 valence electrons. The zero-order chi connectivity index (χ0) is 22.2. The van der Waals surface area contributed by atoms with E-state index in [1.807, 2.05) is 54.1 Å². The summed E-state index contributed by atoms with van der Waals surface area (Å²) in [7, 11) is 6.72. The predicted molar refractivity (Wildman–Crippen MR) is 120 cm³/mol. The molecule has 8 nitrogen and oxygen atoms in total. The van der Waals surface area contributed by atoms with Crippen LogP contribution in [0.1, 0.15) is 5.56 Å². The number of hydrogen-bond acceptors (Lipinski definition) is 7. The molecule has 0 aliphatic heterocycles. The topological polar surface area (TPSA) is 87.5 Å². The van der Waals surface area contributed by atoms with E-state index in [1.54, 1.807) is 21.3 Å². The molecule has 0 aliphatic rings. The standard InChI is InChI=1S/C22H26N4O4S/c1-26-21(16-6-8-17(28-2)9-7-16)24-25-22(26)31-14-20(27)23-12-11-15-5-10-18(29-3)19(13-15)30-4/h5-10,13H,11-12,14H2,1-4H3,(H,23,27). The Bertz CT molecular complexity index is 1020. The highest BCUT2D eigenvalue weighted by atomic mass is 32.2. The molecule has 0 saturated carbocycles. The van der Waals surface area contributed by atoms with Crippen molar-refractivity contribution in [3.63, 3.8) is 0 Å². The van der Waals surface area contributed by atoms with Crippen molar-refractivity contribution in [2.24, 2.45) is 7.05 Å². The van der Waals surface area contributed by atoms with E-state index in [9.17, 15) is 4.79 Å². The summed E-state index contributed by atoms with van der Waals surface area (Å²) in [5.74, 6) is 3.09. The first-order chi connectivity index (χ1) is 15.0. The first-order valence-corrected chi connectivity index (χ1v) is 10.7. The van der Waals surface area contributed by atoms with E-state index in [0.717, 1.165) is 22.7 Å². The molecule has 0 spiro atoms. The number of rotatable bonds is 10. The second kappa shape index (κ2) is 10.7. The summed E-state index contributed by atoms with van der Waals surface area (Å²) in [6, 6.07) is 13.4. The summed E-state index contributed by atoms with van der Waals surface area (Å²) < 4.78 is 17.6. The molecule has 0 bridgehead atoms. The van der Waals surface area contributed by atoms with Gasteiger partial charge in [0, 0.05) is 19.2 Å². The Kier molecular flexibility index (Phi) is 7.77. The second-order valence-electron chi connectivity index (χ2n) is 6.67. The molecule has 1 aromatic heterocycles.